The van der Waals surface area contributed by atoms with E-state index in [0.717, 1.165) is 15.7 Å². The predicted molar refractivity (Wildman–Crippen MR) is 76.6 cm³/mol. The first-order valence-corrected chi connectivity index (χ1v) is 6.75. The fourth-order valence-electron chi connectivity index (χ4n) is 1.62. The van der Waals surface area contributed by atoms with Gasteiger partial charge in [0.25, 0.3) is 0 Å². The van der Waals surface area contributed by atoms with E-state index in [9.17, 15) is 4.39 Å². The predicted octanol–water partition coefficient (Wildman–Crippen LogP) is 4.83. The number of nitrogens with zero attached hydrogens (tertiary/aromatic N) is 1. The lowest BCUT2D eigenvalue weighted by molar-refractivity contribution is 0.628. The standard InChI is InChI=1S/C13H12BrFN2S/c1-7(2)11-10(14)13(18)17-12(16-11)8-3-5-9(15)6-4-8/h3-7H,1-2H3,(H,16,17,18). The Hall–Kier alpha value is -1.07. The SMILES string of the molecule is CC(C)c1[nH]c(-c2ccc(F)cc2)nc(=S)c1Br. The van der Waals surface area contributed by atoms with Crippen LogP contribution in [0.25, 0.3) is 11.4 Å². The zero-order chi connectivity index (χ0) is 13.3. The van der Waals surface area contributed by atoms with E-state index in [1.807, 2.05) is 0 Å². The highest BCUT2D eigenvalue weighted by Crippen LogP contribution is 2.26. The van der Waals surface area contributed by atoms with E-state index in [2.05, 4.69) is 39.7 Å². The molecule has 0 fully saturated rings. The van der Waals surface area contributed by atoms with Gasteiger partial charge < -0.3 is 4.98 Å². The molecule has 94 valence electrons. The molecule has 0 saturated heterocycles. The number of H-pyrrole nitrogens is 1. The minimum atomic E-state index is -0.265. The van der Waals surface area contributed by atoms with E-state index in [4.69, 9.17) is 12.2 Å². The summed E-state index contributed by atoms with van der Waals surface area (Å²) in [5.41, 5.74) is 1.81. The molecule has 0 unspecified atom stereocenters. The average Bonchev–Trinajstić information content (AvgIpc) is 2.33. The van der Waals surface area contributed by atoms with Crippen LogP contribution in [0.1, 0.15) is 25.5 Å². The van der Waals surface area contributed by atoms with Crippen molar-refractivity contribution in [2.75, 3.05) is 0 Å². The van der Waals surface area contributed by atoms with Gasteiger partial charge >= 0.3 is 0 Å². The lowest BCUT2D eigenvalue weighted by Crippen LogP contribution is -2.00. The summed E-state index contributed by atoms with van der Waals surface area (Å²) in [6.45, 7) is 4.14. The van der Waals surface area contributed by atoms with Crippen molar-refractivity contribution < 1.29 is 4.39 Å². The van der Waals surface area contributed by atoms with Crippen LogP contribution in [0.2, 0.25) is 0 Å². The summed E-state index contributed by atoms with van der Waals surface area (Å²) in [5.74, 6) is 0.689. The highest BCUT2D eigenvalue weighted by Gasteiger charge is 2.10. The van der Waals surface area contributed by atoms with Gasteiger partial charge in [-0.25, -0.2) is 9.37 Å². The number of benzene rings is 1. The molecule has 0 aliphatic rings. The maximum absolute atomic E-state index is 12.9. The Kier molecular flexibility index (Phi) is 3.92. The van der Waals surface area contributed by atoms with Crippen molar-refractivity contribution in [3.05, 3.63) is 44.9 Å². The van der Waals surface area contributed by atoms with Crippen LogP contribution in [0.4, 0.5) is 4.39 Å². The van der Waals surface area contributed by atoms with Gasteiger partial charge in [0.1, 0.15) is 16.3 Å². The van der Waals surface area contributed by atoms with Crippen molar-refractivity contribution in [3.8, 4) is 11.4 Å². The van der Waals surface area contributed by atoms with Crippen LogP contribution in [-0.2, 0) is 0 Å². The molecule has 0 aliphatic carbocycles. The van der Waals surface area contributed by atoms with Crippen LogP contribution in [-0.4, -0.2) is 9.97 Å². The molecule has 1 aromatic heterocycles. The highest BCUT2D eigenvalue weighted by atomic mass is 79.9. The van der Waals surface area contributed by atoms with E-state index in [-0.39, 0.29) is 5.82 Å². The smallest absolute Gasteiger partial charge is 0.144 e. The lowest BCUT2D eigenvalue weighted by Gasteiger charge is -2.11. The molecule has 18 heavy (non-hydrogen) atoms. The summed E-state index contributed by atoms with van der Waals surface area (Å²) >= 11 is 8.66. The first-order chi connectivity index (χ1) is 8.49. The molecule has 1 N–H and O–H groups in total. The summed E-state index contributed by atoms with van der Waals surface area (Å²) in [7, 11) is 0. The average molecular weight is 327 g/mol. The fraction of sp³-hybridized carbons (Fsp3) is 0.231. The van der Waals surface area contributed by atoms with Gasteiger partial charge in [-0.3, -0.25) is 0 Å². The molecular formula is C13H12BrFN2S. The van der Waals surface area contributed by atoms with Crippen LogP contribution in [0.3, 0.4) is 0 Å². The summed E-state index contributed by atoms with van der Waals surface area (Å²) in [4.78, 5) is 7.55. The molecule has 2 rings (SSSR count). The van der Waals surface area contributed by atoms with Gasteiger partial charge in [-0.1, -0.05) is 26.1 Å². The molecule has 2 nitrogen and oxygen atoms in total. The van der Waals surface area contributed by atoms with E-state index >= 15 is 0 Å². The molecule has 1 aromatic carbocycles. The van der Waals surface area contributed by atoms with Gasteiger partial charge in [-0.2, -0.15) is 0 Å². The van der Waals surface area contributed by atoms with Crippen molar-refractivity contribution in [1.82, 2.24) is 9.97 Å². The van der Waals surface area contributed by atoms with E-state index in [1.54, 1.807) is 12.1 Å². The first kappa shape index (κ1) is 13.4. The second-order valence-electron chi connectivity index (χ2n) is 4.28. The summed E-state index contributed by atoms with van der Waals surface area (Å²) in [6.07, 6.45) is 0. The Morgan fingerprint density at radius 1 is 1.28 bits per heavy atom. The van der Waals surface area contributed by atoms with Crippen molar-refractivity contribution in [1.29, 1.82) is 0 Å². The van der Waals surface area contributed by atoms with Crippen LogP contribution in [0.15, 0.2) is 28.7 Å². The van der Waals surface area contributed by atoms with Crippen molar-refractivity contribution >= 4 is 28.1 Å². The van der Waals surface area contributed by atoms with Gasteiger partial charge in [-0.05, 0) is 46.1 Å². The maximum atomic E-state index is 12.9. The van der Waals surface area contributed by atoms with Gasteiger partial charge in [0.2, 0.25) is 0 Å². The number of nitrogens with one attached hydrogen (secondary N) is 1. The minimum absolute atomic E-state index is 0.265. The summed E-state index contributed by atoms with van der Waals surface area (Å²) < 4.78 is 14.2. The van der Waals surface area contributed by atoms with Gasteiger partial charge in [-0.15, -0.1) is 0 Å². The lowest BCUT2D eigenvalue weighted by atomic mass is 10.1. The zero-order valence-electron chi connectivity index (χ0n) is 10.00. The highest BCUT2D eigenvalue weighted by molar-refractivity contribution is 9.10. The Bertz CT molecular complexity index is 620. The largest absolute Gasteiger partial charge is 0.342 e. The third-order valence-electron chi connectivity index (χ3n) is 2.59. The molecule has 2 aromatic rings. The quantitative estimate of drug-likeness (QED) is 0.800. The van der Waals surface area contributed by atoms with Crippen LogP contribution in [0.5, 0.6) is 0 Å². The number of hydrogen-bond donors (Lipinski definition) is 1. The van der Waals surface area contributed by atoms with Gasteiger partial charge in [0.05, 0.1) is 4.47 Å². The summed E-state index contributed by atoms with van der Waals surface area (Å²) in [6, 6.07) is 6.18. The van der Waals surface area contributed by atoms with E-state index in [0.29, 0.717) is 16.4 Å². The normalized spacial score (nSPS) is 10.9. The fourth-order valence-corrected chi connectivity index (χ4v) is 2.47. The van der Waals surface area contributed by atoms with Crippen molar-refractivity contribution in [2.24, 2.45) is 0 Å². The molecule has 0 bridgehead atoms. The Labute approximate surface area is 118 Å². The third-order valence-corrected chi connectivity index (χ3v) is 3.95. The molecule has 0 aliphatic heterocycles. The minimum Gasteiger partial charge on any atom is -0.342 e. The van der Waals surface area contributed by atoms with Crippen LogP contribution >= 0.6 is 28.1 Å². The van der Waals surface area contributed by atoms with Crippen LogP contribution < -0.4 is 0 Å². The zero-order valence-corrected chi connectivity index (χ0v) is 12.4. The Morgan fingerprint density at radius 2 is 1.89 bits per heavy atom. The third kappa shape index (κ3) is 2.67. The molecule has 0 saturated carbocycles. The number of halogens is 2. The molecule has 1 heterocycles. The van der Waals surface area contributed by atoms with Crippen LogP contribution in [0, 0.1) is 10.5 Å². The Morgan fingerprint density at radius 3 is 2.44 bits per heavy atom. The molecule has 5 heteroatoms. The monoisotopic (exact) mass is 326 g/mol. The second-order valence-corrected chi connectivity index (χ2v) is 5.46. The maximum Gasteiger partial charge on any atom is 0.144 e. The molecule has 0 amide bonds. The Balaban J connectivity index is 2.59. The van der Waals surface area contributed by atoms with Crippen molar-refractivity contribution in [2.45, 2.75) is 19.8 Å². The molecular weight excluding hydrogens is 315 g/mol. The number of aromatic amines is 1. The topological polar surface area (TPSA) is 28.7 Å². The molecule has 0 radical (unpaired) electrons. The first-order valence-electron chi connectivity index (χ1n) is 5.54. The number of aromatic nitrogens is 2. The van der Waals surface area contributed by atoms with E-state index in [1.165, 1.54) is 12.1 Å². The summed E-state index contributed by atoms with van der Waals surface area (Å²) in [5, 5.41) is 0. The van der Waals surface area contributed by atoms with Gasteiger partial charge in [0.15, 0.2) is 0 Å². The van der Waals surface area contributed by atoms with Gasteiger partial charge in [0, 0.05) is 11.3 Å². The second kappa shape index (κ2) is 5.28. The van der Waals surface area contributed by atoms with E-state index < -0.39 is 0 Å². The number of rotatable bonds is 2. The van der Waals surface area contributed by atoms with Crippen molar-refractivity contribution in [3.63, 3.8) is 0 Å². The molecule has 0 atom stereocenters. The molecule has 0 spiro atoms. The number of hydrogen-bond acceptors (Lipinski definition) is 2.